The zero-order valence-corrected chi connectivity index (χ0v) is 20.8. The van der Waals surface area contributed by atoms with E-state index in [0.29, 0.717) is 30.0 Å². The molecule has 37 heavy (non-hydrogen) atoms. The van der Waals surface area contributed by atoms with Crippen molar-refractivity contribution in [3.8, 4) is 5.75 Å². The number of sulfonamides is 1. The van der Waals surface area contributed by atoms with Crippen molar-refractivity contribution >= 4 is 21.6 Å². The number of ether oxygens (including phenoxy) is 1. The van der Waals surface area contributed by atoms with E-state index >= 15 is 0 Å². The van der Waals surface area contributed by atoms with E-state index in [1.165, 1.54) is 23.5 Å². The van der Waals surface area contributed by atoms with Gasteiger partial charge in [-0.15, -0.1) is 0 Å². The Balaban J connectivity index is 1.51. The van der Waals surface area contributed by atoms with Crippen LogP contribution in [0, 0.1) is 12.7 Å². The molecule has 0 unspecified atom stereocenters. The highest BCUT2D eigenvalue weighted by atomic mass is 32.2. The lowest BCUT2D eigenvalue weighted by Crippen LogP contribution is -2.36. The molecule has 6 nitrogen and oxygen atoms in total. The Hall–Kier alpha value is -3.44. The molecular formula is C26H24F4N2O4S. The van der Waals surface area contributed by atoms with Crippen LogP contribution in [-0.4, -0.2) is 32.3 Å². The van der Waals surface area contributed by atoms with Crippen molar-refractivity contribution in [3.63, 3.8) is 0 Å². The van der Waals surface area contributed by atoms with E-state index in [0.717, 1.165) is 22.8 Å². The first-order valence-electron chi connectivity index (χ1n) is 11.3. The Bertz CT molecular complexity index is 1440. The molecule has 0 aromatic heterocycles. The fourth-order valence-corrected chi connectivity index (χ4v) is 5.71. The maximum Gasteiger partial charge on any atom is 0.419 e. The van der Waals surface area contributed by atoms with Gasteiger partial charge in [0, 0.05) is 18.8 Å². The molecule has 0 bridgehead atoms. The summed E-state index contributed by atoms with van der Waals surface area (Å²) in [6.45, 7) is 2.09. The maximum atomic E-state index is 13.9. The van der Waals surface area contributed by atoms with Gasteiger partial charge in [0.25, 0.3) is 0 Å². The summed E-state index contributed by atoms with van der Waals surface area (Å²) in [6.07, 6.45) is -4.80. The number of hydrogen-bond acceptors (Lipinski definition) is 4. The third-order valence-electron chi connectivity index (χ3n) is 6.24. The minimum atomic E-state index is -4.82. The molecule has 4 rings (SSSR count). The molecule has 196 valence electrons. The SMILES string of the molecule is COc1ccc(S(=O)(=O)N2CCc3c(ccc(C)c3NC(=O)Cc3ccc(C(F)(F)F)c(F)c3)C2)cc1. The molecule has 3 aromatic rings. The zero-order chi connectivity index (χ0) is 27.0. The van der Waals surface area contributed by atoms with Crippen molar-refractivity contribution in [2.24, 2.45) is 0 Å². The first-order valence-corrected chi connectivity index (χ1v) is 12.7. The number of amides is 1. The summed E-state index contributed by atoms with van der Waals surface area (Å²) in [6, 6.07) is 12.1. The van der Waals surface area contributed by atoms with Crippen molar-refractivity contribution < 1.29 is 35.5 Å². The summed E-state index contributed by atoms with van der Waals surface area (Å²) in [7, 11) is -2.27. The number of nitrogens with zero attached hydrogens (tertiary/aromatic N) is 1. The van der Waals surface area contributed by atoms with Crippen LogP contribution in [-0.2, 0) is 40.4 Å². The second-order valence-electron chi connectivity index (χ2n) is 8.70. The largest absolute Gasteiger partial charge is 0.497 e. The van der Waals surface area contributed by atoms with Crippen molar-refractivity contribution in [1.82, 2.24) is 4.31 Å². The molecule has 1 aliphatic rings. The van der Waals surface area contributed by atoms with E-state index in [1.54, 1.807) is 31.2 Å². The summed E-state index contributed by atoms with van der Waals surface area (Å²) >= 11 is 0. The maximum absolute atomic E-state index is 13.9. The van der Waals surface area contributed by atoms with E-state index < -0.39 is 33.5 Å². The van der Waals surface area contributed by atoms with Crippen LogP contribution in [0.2, 0.25) is 0 Å². The first-order chi connectivity index (χ1) is 17.4. The van der Waals surface area contributed by atoms with Gasteiger partial charge in [0.2, 0.25) is 15.9 Å². The van der Waals surface area contributed by atoms with Gasteiger partial charge in [0.05, 0.1) is 24.0 Å². The van der Waals surface area contributed by atoms with Crippen LogP contribution in [0.5, 0.6) is 5.75 Å². The Morgan fingerprint density at radius 1 is 1.08 bits per heavy atom. The average molecular weight is 537 g/mol. The highest BCUT2D eigenvalue weighted by Gasteiger charge is 2.34. The molecule has 1 heterocycles. The number of anilines is 1. The predicted molar refractivity (Wildman–Crippen MR) is 129 cm³/mol. The Kier molecular flexibility index (Phi) is 7.29. The number of alkyl halides is 3. The van der Waals surface area contributed by atoms with E-state index in [9.17, 15) is 30.8 Å². The van der Waals surface area contributed by atoms with Crippen LogP contribution in [0.4, 0.5) is 23.2 Å². The quantitative estimate of drug-likeness (QED) is 0.446. The predicted octanol–water partition coefficient (Wildman–Crippen LogP) is 5.09. The standard InChI is InChI=1S/C26H24F4N2O4S/c1-16-3-5-18-15-32(37(34,35)20-8-6-19(36-2)7-9-20)12-11-21(18)25(16)31-24(33)14-17-4-10-22(23(27)13-17)26(28,29)30/h3-10,13H,11-12,14-15H2,1-2H3,(H,31,33). The Morgan fingerprint density at radius 2 is 1.78 bits per heavy atom. The lowest BCUT2D eigenvalue weighted by molar-refractivity contribution is -0.140. The average Bonchev–Trinajstić information content (AvgIpc) is 2.84. The molecule has 0 radical (unpaired) electrons. The van der Waals surface area contributed by atoms with Crippen molar-refractivity contribution in [3.05, 3.63) is 88.2 Å². The van der Waals surface area contributed by atoms with Gasteiger partial charge in [-0.25, -0.2) is 12.8 Å². The van der Waals surface area contributed by atoms with Gasteiger partial charge < -0.3 is 10.1 Å². The fraction of sp³-hybridized carbons (Fsp3) is 0.269. The molecule has 0 spiro atoms. The topological polar surface area (TPSA) is 75.7 Å². The number of fused-ring (bicyclic) bond motifs is 1. The molecule has 1 N–H and O–H groups in total. The molecule has 11 heteroatoms. The number of halogens is 4. The van der Waals surface area contributed by atoms with Crippen LogP contribution in [0.3, 0.4) is 0 Å². The molecule has 1 amide bonds. The first kappa shape index (κ1) is 26.6. The number of benzene rings is 3. The van der Waals surface area contributed by atoms with Crippen LogP contribution in [0.15, 0.2) is 59.5 Å². The van der Waals surface area contributed by atoms with Crippen LogP contribution in [0.1, 0.15) is 27.8 Å². The van der Waals surface area contributed by atoms with Crippen molar-refractivity contribution in [2.75, 3.05) is 19.0 Å². The Morgan fingerprint density at radius 3 is 2.41 bits per heavy atom. The van der Waals surface area contributed by atoms with Crippen LogP contribution < -0.4 is 10.1 Å². The van der Waals surface area contributed by atoms with Gasteiger partial charge >= 0.3 is 6.18 Å². The fourth-order valence-electron chi connectivity index (χ4n) is 4.29. The normalized spacial score (nSPS) is 14.2. The Labute approximate surface area is 211 Å². The second kappa shape index (κ2) is 10.1. The summed E-state index contributed by atoms with van der Waals surface area (Å²) < 4.78 is 85.1. The van der Waals surface area contributed by atoms with Gasteiger partial charge in [0.15, 0.2) is 0 Å². The minimum absolute atomic E-state index is 0.0993. The number of carbonyl (C=O) groups excluding carboxylic acids is 1. The number of methoxy groups -OCH3 is 1. The molecule has 3 aromatic carbocycles. The summed E-state index contributed by atoms with van der Waals surface area (Å²) in [5, 5.41) is 2.78. The molecule has 0 saturated carbocycles. The van der Waals surface area contributed by atoms with E-state index in [4.69, 9.17) is 4.74 Å². The minimum Gasteiger partial charge on any atom is -0.497 e. The van der Waals surface area contributed by atoms with Crippen molar-refractivity contribution in [2.45, 2.75) is 37.4 Å². The van der Waals surface area contributed by atoms with E-state index in [2.05, 4.69) is 5.32 Å². The van der Waals surface area contributed by atoms with Gasteiger partial charge in [-0.3, -0.25) is 4.79 Å². The summed E-state index contributed by atoms with van der Waals surface area (Å²) in [5.74, 6) is -1.42. The van der Waals surface area contributed by atoms with Crippen LogP contribution in [0.25, 0.3) is 0 Å². The monoisotopic (exact) mass is 536 g/mol. The number of hydrogen-bond donors (Lipinski definition) is 1. The van der Waals surface area contributed by atoms with Gasteiger partial charge in [0.1, 0.15) is 11.6 Å². The molecule has 0 saturated heterocycles. The second-order valence-corrected chi connectivity index (χ2v) is 10.6. The van der Waals surface area contributed by atoms with Crippen LogP contribution >= 0.6 is 0 Å². The molecule has 1 aliphatic heterocycles. The highest BCUT2D eigenvalue weighted by Crippen LogP contribution is 2.33. The molecule has 0 aliphatic carbocycles. The summed E-state index contributed by atoms with van der Waals surface area (Å²) in [4.78, 5) is 12.8. The lowest BCUT2D eigenvalue weighted by atomic mass is 9.95. The van der Waals surface area contributed by atoms with Gasteiger partial charge in [-0.1, -0.05) is 18.2 Å². The number of nitrogens with one attached hydrogen (secondary N) is 1. The lowest BCUT2D eigenvalue weighted by Gasteiger charge is -2.30. The third kappa shape index (κ3) is 5.62. The molecular weight excluding hydrogens is 512 g/mol. The van der Waals surface area contributed by atoms with E-state index in [-0.39, 0.29) is 30.0 Å². The van der Waals surface area contributed by atoms with Gasteiger partial charge in [-0.05, 0) is 72.0 Å². The van der Waals surface area contributed by atoms with Gasteiger partial charge in [-0.2, -0.15) is 17.5 Å². The number of rotatable bonds is 6. The number of carbonyl (C=O) groups is 1. The smallest absolute Gasteiger partial charge is 0.419 e. The molecule has 0 atom stereocenters. The highest BCUT2D eigenvalue weighted by molar-refractivity contribution is 7.89. The summed E-state index contributed by atoms with van der Waals surface area (Å²) in [5.41, 5.74) is 1.49. The molecule has 0 fully saturated rings. The third-order valence-corrected chi connectivity index (χ3v) is 8.10. The number of aryl methyl sites for hydroxylation is 1. The van der Waals surface area contributed by atoms with Crippen molar-refractivity contribution in [1.29, 1.82) is 0 Å². The zero-order valence-electron chi connectivity index (χ0n) is 20.0. The van der Waals surface area contributed by atoms with E-state index in [1.807, 2.05) is 0 Å².